The lowest BCUT2D eigenvalue weighted by Crippen LogP contribution is -2.45. The first-order valence-corrected chi connectivity index (χ1v) is 8.65. The van der Waals surface area contributed by atoms with Crippen LogP contribution >= 0.6 is 11.6 Å². The van der Waals surface area contributed by atoms with Gasteiger partial charge in [-0.1, -0.05) is 11.6 Å². The molecule has 0 aliphatic carbocycles. The van der Waals surface area contributed by atoms with E-state index in [2.05, 4.69) is 21.9 Å². The van der Waals surface area contributed by atoms with Crippen LogP contribution < -0.4 is 14.4 Å². The van der Waals surface area contributed by atoms with Crippen molar-refractivity contribution in [3.8, 4) is 17.2 Å². The smallest absolute Gasteiger partial charge is 0.200 e. The first-order chi connectivity index (χ1) is 12.1. The molecule has 0 atom stereocenters. The Kier molecular flexibility index (Phi) is 5.56. The van der Waals surface area contributed by atoms with Crippen LogP contribution in [0.5, 0.6) is 17.2 Å². The van der Waals surface area contributed by atoms with Crippen LogP contribution in [0.4, 0.5) is 5.69 Å². The van der Waals surface area contributed by atoms with Gasteiger partial charge in [-0.05, 0) is 42.0 Å². The molecule has 0 radical (unpaired) electrons. The third kappa shape index (κ3) is 4.11. The van der Waals surface area contributed by atoms with Gasteiger partial charge in [-0.3, -0.25) is 4.90 Å². The largest absolute Gasteiger partial charge is 0.502 e. The molecule has 2 aromatic rings. The van der Waals surface area contributed by atoms with Crippen LogP contribution in [0, 0.1) is 0 Å². The lowest BCUT2D eigenvalue weighted by Gasteiger charge is -2.36. The standard InChI is InChI=1S/C19H23ClN2O3/c1-24-17-11-14(12-18(25-2)19(17)23)13-21-7-9-22(10-8-21)16-5-3-15(20)4-6-16/h3-6,11-12,23H,7-10,13H2,1-2H3. The highest BCUT2D eigenvalue weighted by molar-refractivity contribution is 6.30. The highest BCUT2D eigenvalue weighted by atomic mass is 35.5. The molecule has 0 aromatic heterocycles. The van der Waals surface area contributed by atoms with Crippen LogP contribution in [-0.4, -0.2) is 50.4 Å². The lowest BCUT2D eigenvalue weighted by molar-refractivity contribution is 0.248. The molecule has 1 fully saturated rings. The molecule has 0 spiro atoms. The molecule has 5 nitrogen and oxygen atoms in total. The van der Waals surface area contributed by atoms with Crippen LogP contribution in [-0.2, 0) is 6.54 Å². The highest BCUT2D eigenvalue weighted by Crippen LogP contribution is 2.37. The molecule has 0 bridgehead atoms. The summed E-state index contributed by atoms with van der Waals surface area (Å²) in [5.74, 6) is 0.921. The molecule has 3 rings (SSSR count). The summed E-state index contributed by atoms with van der Waals surface area (Å²) in [7, 11) is 3.09. The van der Waals surface area contributed by atoms with Crippen molar-refractivity contribution in [1.29, 1.82) is 0 Å². The first kappa shape index (κ1) is 17.7. The van der Waals surface area contributed by atoms with Crippen molar-refractivity contribution in [2.24, 2.45) is 0 Å². The van der Waals surface area contributed by atoms with Crippen molar-refractivity contribution in [3.63, 3.8) is 0 Å². The van der Waals surface area contributed by atoms with E-state index in [1.807, 2.05) is 24.3 Å². The zero-order valence-electron chi connectivity index (χ0n) is 14.5. The molecule has 0 unspecified atom stereocenters. The molecule has 1 heterocycles. The van der Waals surface area contributed by atoms with Gasteiger partial charge in [0.25, 0.3) is 0 Å². The molecule has 1 N–H and O–H groups in total. The number of rotatable bonds is 5. The molecule has 2 aromatic carbocycles. The van der Waals surface area contributed by atoms with Gasteiger partial charge in [-0.2, -0.15) is 0 Å². The predicted octanol–water partition coefficient (Wildman–Crippen LogP) is 3.39. The summed E-state index contributed by atoms with van der Waals surface area (Å²) >= 11 is 5.96. The van der Waals surface area contributed by atoms with Gasteiger partial charge in [0.05, 0.1) is 14.2 Å². The van der Waals surface area contributed by atoms with E-state index in [0.29, 0.717) is 11.5 Å². The van der Waals surface area contributed by atoms with Gasteiger partial charge in [0.1, 0.15) is 0 Å². The minimum atomic E-state index is 0.0429. The van der Waals surface area contributed by atoms with E-state index >= 15 is 0 Å². The average molecular weight is 363 g/mol. The number of benzene rings is 2. The summed E-state index contributed by atoms with van der Waals surface area (Å²) in [4.78, 5) is 4.75. The third-order valence-corrected chi connectivity index (χ3v) is 4.76. The maximum Gasteiger partial charge on any atom is 0.200 e. The Balaban J connectivity index is 1.63. The molecule has 1 aliphatic rings. The van der Waals surface area contributed by atoms with E-state index in [0.717, 1.165) is 43.3 Å². The van der Waals surface area contributed by atoms with Gasteiger partial charge in [0, 0.05) is 43.4 Å². The lowest BCUT2D eigenvalue weighted by atomic mass is 10.1. The molecular weight excluding hydrogens is 340 g/mol. The quantitative estimate of drug-likeness (QED) is 0.883. The molecular formula is C19H23ClN2O3. The maximum absolute atomic E-state index is 10.0. The van der Waals surface area contributed by atoms with Crippen molar-refractivity contribution in [3.05, 3.63) is 47.0 Å². The van der Waals surface area contributed by atoms with Crippen LogP contribution in [0.2, 0.25) is 5.02 Å². The van der Waals surface area contributed by atoms with Crippen molar-refractivity contribution in [2.75, 3.05) is 45.3 Å². The Morgan fingerprint density at radius 2 is 1.52 bits per heavy atom. The van der Waals surface area contributed by atoms with Crippen LogP contribution in [0.15, 0.2) is 36.4 Å². The fourth-order valence-corrected chi connectivity index (χ4v) is 3.24. The van der Waals surface area contributed by atoms with Crippen LogP contribution in [0.3, 0.4) is 0 Å². The number of methoxy groups -OCH3 is 2. The number of halogens is 1. The van der Waals surface area contributed by atoms with Crippen LogP contribution in [0.25, 0.3) is 0 Å². The van der Waals surface area contributed by atoms with Crippen molar-refractivity contribution in [2.45, 2.75) is 6.54 Å². The van der Waals surface area contributed by atoms with Crippen molar-refractivity contribution in [1.82, 2.24) is 4.90 Å². The van der Waals surface area contributed by atoms with E-state index < -0.39 is 0 Å². The first-order valence-electron chi connectivity index (χ1n) is 8.27. The predicted molar refractivity (Wildman–Crippen MR) is 100 cm³/mol. The molecule has 25 heavy (non-hydrogen) atoms. The number of nitrogens with zero attached hydrogens (tertiary/aromatic N) is 2. The number of piperazine rings is 1. The fourth-order valence-electron chi connectivity index (χ4n) is 3.11. The normalized spacial score (nSPS) is 15.2. The third-order valence-electron chi connectivity index (χ3n) is 4.51. The maximum atomic E-state index is 10.0. The van der Waals surface area contributed by atoms with E-state index in [1.54, 1.807) is 14.2 Å². The van der Waals surface area contributed by atoms with Gasteiger partial charge in [-0.15, -0.1) is 0 Å². The molecule has 1 saturated heterocycles. The van der Waals surface area contributed by atoms with Gasteiger partial charge < -0.3 is 19.5 Å². The summed E-state index contributed by atoms with van der Waals surface area (Å²) in [6.07, 6.45) is 0. The summed E-state index contributed by atoms with van der Waals surface area (Å²) in [5.41, 5.74) is 2.27. The minimum absolute atomic E-state index is 0.0429. The second kappa shape index (κ2) is 7.85. The Bertz CT molecular complexity index is 688. The van der Waals surface area contributed by atoms with Gasteiger partial charge in [0.15, 0.2) is 11.5 Å². The number of ether oxygens (including phenoxy) is 2. The van der Waals surface area contributed by atoms with Crippen LogP contribution in [0.1, 0.15) is 5.56 Å². The van der Waals surface area contributed by atoms with Gasteiger partial charge in [-0.25, -0.2) is 0 Å². The number of phenols is 1. The SMILES string of the molecule is COc1cc(CN2CCN(c3ccc(Cl)cc3)CC2)cc(OC)c1O. The summed E-state index contributed by atoms with van der Waals surface area (Å²) in [6.45, 7) is 4.66. The highest BCUT2D eigenvalue weighted by Gasteiger charge is 2.19. The molecule has 134 valence electrons. The topological polar surface area (TPSA) is 45.2 Å². The number of aromatic hydroxyl groups is 1. The zero-order valence-corrected chi connectivity index (χ0v) is 15.3. The van der Waals surface area contributed by atoms with Gasteiger partial charge >= 0.3 is 0 Å². The second-order valence-electron chi connectivity index (χ2n) is 6.09. The van der Waals surface area contributed by atoms with Gasteiger partial charge in [0.2, 0.25) is 5.75 Å². The Labute approximate surface area is 153 Å². The number of hydrogen-bond acceptors (Lipinski definition) is 5. The average Bonchev–Trinajstić information content (AvgIpc) is 2.64. The van der Waals surface area contributed by atoms with Crippen molar-refractivity contribution >= 4 is 17.3 Å². The summed E-state index contributed by atoms with van der Waals surface area (Å²) in [6, 6.07) is 11.7. The van der Waals surface area contributed by atoms with Crippen molar-refractivity contribution < 1.29 is 14.6 Å². The van der Waals surface area contributed by atoms with E-state index in [1.165, 1.54) is 5.69 Å². The summed E-state index contributed by atoms with van der Waals surface area (Å²) in [5, 5.41) is 10.8. The van der Waals surface area contributed by atoms with E-state index in [-0.39, 0.29) is 5.75 Å². The summed E-state index contributed by atoms with van der Waals surface area (Å²) < 4.78 is 10.5. The number of hydrogen-bond donors (Lipinski definition) is 1. The number of anilines is 1. The Morgan fingerprint density at radius 3 is 2.04 bits per heavy atom. The van der Waals surface area contributed by atoms with E-state index in [4.69, 9.17) is 21.1 Å². The molecule has 1 aliphatic heterocycles. The second-order valence-corrected chi connectivity index (χ2v) is 6.52. The Morgan fingerprint density at radius 1 is 0.960 bits per heavy atom. The number of phenolic OH excluding ortho intramolecular Hbond substituents is 1. The minimum Gasteiger partial charge on any atom is -0.502 e. The molecule has 0 amide bonds. The Hall–Kier alpha value is -2.11. The van der Waals surface area contributed by atoms with E-state index in [9.17, 15) is 5.11 Å². The monoisotopic (exact) mass is 362 g/mol. The molecule has 0 saturated carbocycles. The zero-order chi connectivity index (χ0) is 17.8. The molecule has 6 heteroatoms. The fraction of sp³-hybridized carbons (Fsp3) is 0.368.